The van der Waals surface area contributed by atoms with Gasteiger partial charge >= 0.3 is 0 Å². The zero-order valence-corrected chi connectivity index (χ0v) is 14.6. The first-order valence-electron chi connectivity index (χ1n) is 7.76. The molecule has 0 saturated heterocycles. The lowest BCUT2D eigenvalue weighted by Gasteiger charge is -2.27. The smallest absolute Gasteiger partial charge is 0.206 e. The summed E-state index contributed by atoms with van der Waals surface area (Å²) in [7, 11) is -3.43. The van der Waals surface area contributed by atoms with Crippen LogP contribution in [0.15, 0.2) is 58.3 Å². The third-order valence-electron chi connectivity index (χ3n) is 4.75. The largest absolute Gasteiger partial charge is 0.219 e. The molecule has 0 aliphatic carbocycles. The number of sulfone groups is 1. The fraction of sp³-hybridized carbons (Fsp3) is 0.368. The monoisotopic (exact) mass is 316 g/mol. The second kappa shape index (κ2) is 6.25. The van der Waals surface area contributed by atoms with Crippen molar-refractivity contribution in [2.75, 3.05) is 0 Å². The van der Waals surface area contributed by atoms with E-state index in [0.717, 1.165) is 18.4 Å². The van der Waals surface area contributed by atoms with Crippen molar-refractivity contribution >= 4 is 9.84 Å². The number of hydrogen-bond acceptors (Lipinski definition) is 2. The van der Waals surface area contributed by atoms with Gasteiger partial charge in [-0.2, -0.15) is 0 Å². The Kier molecular flexibility index (Phi) is 4.76. The first-order chi connectivity index (χ1) is 10.3. The summed E-state index contributed by atoms with van der Waals surface area (Å²) in [6.45, 7) is 8.50. The van der Waals surface area contributed by atoms with Crippen LogP contribution in [0.25, 0.3) is 0 Å². The van der Waals surface area contributed by atoms with Crippen LogP contribution in [0, 0.1) is 6.92 Å². The SMILES string of the molecule is CCC(C)(CC)c1ccc(S(=O)(=O)c2ccc(C)cc2)cc1. The third kappa shape index (κ3) is 3.09. The van der Waals surface area contributed by atoms with E-state index in [1.807, 2.05) is 31.2 Å². The first-order valence-corrected chi connectivity index (χ1v) is 9.24. The van der Waals surface area contributed by atoms with E-state index in [0.29, 0.717) is 9.79 Å². The maximum absolute atomic E-state index is 12.6. The van der Waals surface area contributed by atoms with E-state index in [-0.39, 0.29) is 5.41 Å². The minimum Gasteiger partial charge on any atom is -0.219 e. The van der Waals surface area contributed by atoms with E-state index in [1.165, 1.54) is 5.56 Å². The van der Waals surface area contributed by atoms with Crippen LogP contribution in [0.3, 0.4) is 0 Å². The Hall–Kier alpha value is -1.61. The molecule has 3 heteroatoms. The summed E-state index contributed by atoms with van der Waals surface area (Å²) in [6.07, 6.45) is 2.07. The molecular formula is C19H24O2S. The molecule has 118 valence electrons. The Morgan fingerprint density at radius 2 is 1.23 bits per heavy atom. The van der Waals surface area contributed by atoms with Crippen molar-refractivity contribution in [1.82, 2.24) is 0 Å². The van der Waals surface area contributed by atoms with Crippen LogP contribution in [-0.2, 0) is 15.3 Å². The van der Waals surface area contributed by atoms with E-state index >= 15 is 0 Å². The lowest BCUT2D eigenvalue weighted by atomic mass is 9.78. The van der Waals surface area contributed by atoms with Gasteiger partial charge in [0.25, 0.3) is 0 Å². The molecule has 0 aliphatic rings. The summed E-state index contributed by atoms with van der Waals surface area (Å²) in [5.74, 6) is 0. The fourth-order valence-corrected chi connectivity index (χ4v) is 3.81. The van der Waals surface area contributed by atoms with Gasteiger partial charge in [0.2, 0.25) is 9.84 Å². The van der Waals surface area contributed by atoms with Gasteiger partial charge < -0.3 is 0 Å². The lowest BCUT2D eigenvalue weighted by Crippen LogP contribution is -2.19. The molecular weight excluding hydrogens is 292 g/mol. The molecule has 2 nitrogen and oxygen atoms in total. The standard InChI is InChI=1S/C19H24O2S/c1-5-19(4,6-2)16-9-13-18(14-10-16)22(20,21)17-11-7-15(3)8-12-17/h7-14H,5-6H2,1-4H3. The average Bonchev–Trinajstić information content (AvgIpc) is 2.54. The van der Waals surface area contributed by atoms with Crippen molar-refractivity contribution in [1.29, 1.82) is 0 Å². The zero-order chi connectivity index (χ0) is 16.4. The zero-order valence-electron chi connectivity index (χ0n) is 13.8. The van der Waals surface area contributed by atoms with E-state index in [9.17, 15) is 8.42 Å². The molecule has 0 amide bonds. The maximum Gasteiger partial charge on any atom is 0.206 e. The minimum atomic E-state index is -3.43. The van der Waals surface area contributed by atoms with Crippen LogP contribution in [0.1, 0.15) is 44.7 Å². The van der Waals surface area contributed by atoms with Crippen molar-refractivity contribution in [3.05, 3.63) is 59.7 Å². The quantitative estimate of drug-likeness (QED) is 0.785. The summed E-state index contributed by atoms with van der Waals surface area (Å²) < 4.78 is 25.3. The Bertz CT molecular complexity index is 722. The van der Waals surface area contributed by atoms with E-state index in [4.69, 9.17) is 0 Å². The average molecular weight is 316 g/mol. The lowest BCUT2D eigenvalue weighted by molar-refractivity contribution is 0.438. The van der Waals surface area contributed by atoms with Gasteiger partial charge in [0.05, 0.1) is 9.79 Å². The molecule has 2 aromatic carbocycles. The predicted octanol–water partition coefficient (Wildman–Crippen LogP) is 4.91. The Balaban J connectivity index is 2.40. The van der Waals surface area contributed by atoms with Gasteiger partial charge in [-0.1, -0.05) is 50.6 Å². The summed E-state index contributed by atoms with van der Waals surface area (Å²) in [4.78, 5) is 0.703. The molecule has 0 spiro atoms. The van der Waals surface area contributed by atoms with Crippen molar-refractivity contribution in [3.63, 3.8) is 0 Å². The molecule has 0 N–H and O–H groups in total. The van der Waals surface area contributed by atoms with Gasteiger partial charge in [0, 0.05) is 0 Å². The molecule has 0 fully saturated rings. The Morgan fingerprint density at radius 1 is 0.818 bits per heavy atom. The molecule has 0 heterocycles. The van der Waals surface area contributed by atoms with Gasteiger partial charge in [-0.05, 0) is 55.0 Å². The van der Waals surface area contributed by atoms with E-state index in [2.05, 4.69) is 20.8 Å². The first kappa shape index (κ1) is 16.8. The van der Waals surface area contributed by atoms with Crippen molar-refractivity contribution < 1.29 is 8.42 Å². The third-order valence-corrected chi connectivity index (χ3v) is 6.54. The number of rotatable bonds is 5. The molecule has 0 aromatic heterocycles. The molecule has 22 heavy (non-hydrogen) atoms. The number of aryl methyl sites for hydroxylation is 1. The fourth-order valence-electron chi connectivity index (χ4n) is 2.55. The van der Waals surface area contributed by atoms with E-state index < -0.39 is 9.84 Å². The van der Waals surface area contributed by atoms with E-state index in [1.54, 1.807) is 24.3 Å². The van der Waals surface area contributed by atoms with Gasteiger partial charge in [-0.25, -0.2) is 8.42 Å². The highest BCUT2D eigenvalue weighted by Crippen LogP contribution is 2.32. The molecule has 0 bridgehead atoms. The maximum atomic E-state index is 12.6. The van der Waals surface area contributed by atoms with Gasteiger partial charge in [-0.15, -0.1) is 0 Å². The molecule has 0 aliphatic heterocycles. The molecule has 0 radical (unpaired) electrons. The second-order valence-corrected chi connectivity index (χ2v) is 8.06. The van der Waals surface area contributed by atoms with Crippen LogP contribution in [0.5, 0.6) is 0 Å². The van der Waals surface area contributed by atoms with Gasteiger partial charge in [0.1, 0.15) is 0 Å². The van der Waals surface area contributed by atoms with Gasteiger partial charge in [0.15, 0.2) is 0 Å². The van der Waals surface area contributed by atoms with Crippen LogP contribution >= 0.6 is 0 Å². The number of hydrogen-bond donors (Lipinski definition) is 0. The Labute approximate surface area is 134 Å². The van der Waals surface area contributed by atoms with Crippen molar-refractivity contribution in [2.45, 2.75) is 55.7 Å². The van der Waals surface area contributed by atoms with Crippen LogP contribution in [-0.4, -0.2) is 8.42 Å². The molecule has 0 atom stereocenters. The topological polar surface area (TPSA) is 34.1 Å². The highest BCUT2D eigenvalue weighted by molar-refractivity contribution is 7.91. The highest BCUT2D eigenvalue weighted by Gasteiger charge is 2.23. The normalized spacial score (nSPS) is 12.4. The summed E-state index contributed by atoms with van der Waals surface area (Å²) in [5.41, 5.74) is 2.35. The summed E-state index contributed by atoms with van der Waals surface area (Å²) >= 11 is 0. The number of benzene rings is 2. The molecule has 2 rings (SSSR count). The molecule has 0 unspecified atom stereocenters. The minimum absolute atomic E-state index is 0.103. The van der Waals surface area contributed by atoms with Crippen molar-refractivity contribution in [2.24, 2.45) is 0 Å². The van der Waals surface area contributed by atoms with Crippen LogP contribution in [0.4, 0.5) is 0 Å². The molecule has 0 saturated carbocycles. The second-order valence-electron chi connectivity index (χ2n) is 6.11. The highest BCUT2D eigenvalue weighted by atomic mass is 32.2. The van der Waals surface area contributed by atoms with Crippen LogP contribution < -0.4 is 0 Å². The summed E-state index contributed by atoms with van der Waals surface area (Å²) in [6, 6.07) is 14.4. The summed E-state index contributed by atoms with van der Waals surface area (Å²) in [5, 5.41) is 0. The van der Waals surface area contributed by atoms with Crippen molar-refractivity contribution in [3.8, 4) is 0 Å². The Morgan fingerprint density at radius 3 is 1.64 bits per heavy atom. The van der Waals surface area contributed by atoms with Crippen LogP contribution in [0.2, 0.25) is 0 Å². The van der Waals surface area contributed by atoms with Gasteiger partial charge in [-0.3, -0.25) is 0 Å². The molecule has 2 aromatic rings. The predicted molar refractivity (Wildman–Crippen MR) is 91.0 cm³/mol.